The number of anilines is 1. The number of thiophene rings is 1. The van der Waals surface area contributed by atoms with Gasteiger partial charge in [-0.05, 0) is 42.6 Å². The molecule has 1 aromatic heterocycles. The molecular formula is C13H13NO2S. The molecule has 1 heterocycles. The highest BCUT2D eigenvalue weighted by molar-refractivity contribution is 7.10. The Morgan fingerprint density at radius 1 is 1.29 bits per heavy atom. The van der Waals surface area contributed by atoms with Gasteiger partial charge in [-0.25, -0.2) is 4.79 Å². The first kappa shape index (κ1) is 11.7. The maximum absolute atomic E-state index is 10.7. The molecule has 0 fully saturated rings. The molecule has 17 heavy (non-hydrogen) atoms. The fraction of sp³-hybridized carbons (Fsp3) is 0.154. The van der Waals surface area contributed by atoms with Gasteiger partial charge in [-0.15, -0.1) is 11.3 Å². The Kier molecular flexibility index (Phi) is 3.44. The Hall–Kier alpha value is -1.81. The van der Waals surface area contributed by atoms with E-state index in [1.165, 1.54) is 4.88 Å². The zero-order valence-corrected chi connectivity index (χ0v) is 10.2. The van der Waals surface area contributed by atoms with Gasteiger partial charge in [0.05, 0.1) is 11.6 Å². The normalized spacial score (nSPS) is 12.1. The number of benzene rings is 1. The SMILES string of the molecule is CC(Nc1ccc(C(=O)O)cc1)c1cccs1. The summed E-state index contributed by atoms with van der Waals surface area (Å²) in [5.41, 5.74) is 1.23. The van der Waals surface area contributed by atoms with Crippen LogP contribution in [0.25, 0.3) is 0 Å². The second-order valence-corrected chi connectivity index (χ2v) is 4.74. The number of rotatable bonds is 4. The van der Waals surface area contributed by atoms with Crippen LogP contribution in [-0.4, -0.2) is 11.1 Å². The Morgan fingerprint density at radius 3 is 2.53 bits per heavy atom. The van der Waals surface area contributed by atoms with Crippen molar-refractivity contribution in [1.82, 2.24) is 0 Å². The minimum absolute atomic E-state index is 0.227. The molecule has 0 aliphatic heterocycles. The van der Waals surface area contributed by atoms with E-state index in [2.05, 4.69) is 18.3 Å². The van der Waals surface area contributed by atoms with Crippen LogP contribution in [-0.2, 0) is 0 Å². The molecule has 1 aromatic carbocycles. The van der Waals surface area contributed by atoms with Gasteiger partial charge in [0.25, 0.3) is 0 Å². The zero-order chi connectivity index (χ0) is 12.3. The largest absolute Gasteiger partial charge is 0.478 e. The predicted molar refractivity (Wildman–Crippen MR) is 69.8 cm³/mol. The fourth-order valence-corrected chi connectivity index (χ4v) is 2.30. The first-order chi connectivity index (χ1) is 8.16. The number of aromatic carboxylic acids is 1. The highest BCUT2D eigenvalue weighted by Gasteiger charge is 2.06. The molecule has 0 amide bonds. The number of hydrogen-bond acceptors (Lipinski definition) is 3. The summed E-state index contributed by atoms with van der Waals surface area (Å²) in [5.74, 6) is -0.900. The molecule has 88 valence electrons. The number of carboxylic acid groups (broad SMARTS) is 1. The summed E-state index contributed by atoms with van der Waals surface area (Å²) in [4.78, 5) is 12.0. The van der Waals surface area contributed by atoms with Gasteiger partial charge in [0.2, 0.25) is 0 Å². The van der Waals surface area contributed by atoms with Gasteiger partial charge < -0.3 is 10.4 Å². The van der Waals surface area contributed by atoms with E-state index in [-0.39, 0.29) is 6.04 Å². The quantitative estimate of drug-likeness (QED) is 0.867. The average molecular weight is 247 g/mol. The van der Waals surface area contributed by atoms with Crippen LogP contribution in [0.1, 0.15) is 28.2 Å². The van der Waals surface area contributed by atoms with E-state index in [4.69, 9.17) is 5.11 Å². The van der Waals surface area contributed by atoms with Crippen molar-refractivity contribution in [2.45, 2.75) is 13.0 Å². The molecular weight excluding hydrogens is 234 g/mol. The Labute approximate surface area is 104 Å². The van der Waals surface area contributed by atoms with Gasteiger partial charge in [-0.3, -0.25) is 0 Å². The lowest BCUT2D eigenvalue weighted by Crippen LogP contribution is -2.05. The first-order valence-electron chi connectivity index (χ1n) is 5.30. The summed E-state index contributed by atoms with van der Waals surface area (Å²) in [5, 5.41) is 14.2. The van der Waals surface area contributed by atoms with Crippen LogP contribution in [0, 0.1) is 0 Å². The van der Waals surface area contributed by atoms with Crippen LogP contribution in [0.3, 0.4) is 0 Å². The third kappa shape index (κ3) is 2.85. The van der Waals surface area contributed by atoms with E-state index < -0.39 is 5.97 Å². The molecule has 0 saturated heterocycles. The van der Waals surface area contributed by atoms with Crippen LogP contribution >= 0.6 is 11.3 Å². The van der Waals surface area contributed by atoms with Gasteiger partial charge in [0.15, 0.2) is 0 Å². The summed E-state index contributed by atoms with van der Waals surface area (Å²) >= 11 is 1.70. The van der Waals surface area contributed by atoms with Gasteiger partial charge in [0.1, 0.15) is 0 Å². The predicted octanol–water partition coefficient (Wildman–Crippen LogP) is 3.62. The van der Waals surface area contributed by atoms with Crippen molar-refractivity contribution < 1.29 is 9.90 Å². The van der Waals surface area contributed by atoms with Crippen molar-refractivity contribution in [2.24, 2.45) is 0 Å². The van der Waals surface area contributed by atoms with Crippen molar-refractivity contribution >= 4 is 23.0 Å². The van der Waals surface area contributed by atoms with Crippen molar-refractivity contribution in [3.63, 3.8) is 0 Å². The molecule has 0 saturated carbocycles. The van der Waals surface area contributed by atoms with Crippen molar-refractivity contribution in [2.75, 3.05) is 5.32 Å². The molecule has 1 unspecified atom stereocenters. The highest BCUT2D eigenvalue weighted by atomic mass is 32.1. The van der Waals surface area contributed by atoms with Gasteiger partial charge in [-0.1, -0.05) is 6.07 Å². The Balaban J connectivity index is 2.06. The number of hydrogen-bond donors (Lipinski definition) is 2. The van der Waals surface area contributed by atoms with E-state index >= 15 is 0 Å². The van der Waals surface area contributed by atoms with Crippen LogP contribution in [0.2, 0.25) is 0 Å². The van der Waals surface area contributed by atoms with Gasteiger partial charge in [0, 0.05) is 10.6 Å². The fourth-order valence-electron chi connectivity index (χ4n) is 1.57. The van der Waals surface area contributed by atoms with Crippen molar-refractivity contribution in [3.8, 4) is 0 Å². The van der Waals surface area contributed by atoms with Crippen LogP contribution < -0.4 is 5.32 Å². The lowest BCUT2D eigenvalue weighted by molar-refractivity contribution is 0.0697. The molecule has 3 nitrogen and oxygen atoms in total. The van der Waals surface area contributed by atoms with Gasteiger partial charge in [-0.2, -0.15) is 0 Å². The molecule has 1 atom stereocenters. The third-order valence-corrected chi connectivity index (χ3v) is 3.54. The number of carboxylic acids is 1. The summed E-state index contributed by atoms with van der Waals surface area (Å²) in [6.45, 7) is 2.08. The maximum atomic E-state index is 10.7. The van der Waals surface area contributed by atoms with Crippen molar-refractivity contribution in [1.29, 1.82) is 0 Å². The first-order valence-corrected chi connectivity index (χ1v) is 6.18. The van der Waals surface area contributed by atoms with E-state index in [0.717, 1.165) is 5.69 Å². The highest BCUT2D eigenvalue weighted by Crippen LogP contribution is 2.23. The summed E-state index contributed by atoms with van der Waals surface area (Å²) in [6.07, 6.45) is 0. The monoisotopic (exact) mass is 247 g/mol. The minimum Gasteiger partial charge on any atom is -0.478 e. The molecule has 2 N–H and O–H groups in total. The summed E-state index contributed by atoms with van der Waals surface area (Å²) < 4.78 is 0. The second-order valence-electron chi connectivity index (χ2n) is 3.76. The maximum Gasteiger partial charge on any atom is 0.335 e. The van der Waals surface area contributed by atoms with Crippen LogP contribution in [0.15, 0.2) is 41.8 Å². The molecule has 2 aromatic rings. The Morgan fingerprint density at radius 2 is 2.00 bits per heavy atom. The van der Waals surface area contributed by atoms with Crippen molar-refractivity contribution in [3.05, 3.63) is 52.2 Å². The molecule has 2 rings (SSSR count). The Bertz CT molecular complexity index is 491. The molecule has 0 radical (unpaired) electrons. The molecule has 0 aliphatic rings. The molecule has 0 bridgehead atoms. The summed E-state index contributed by atoms with van der Waals surface area (Å²) in [7, 11) is 0. The topological polar surface area (TPSA) is 49.3 Å². The lowest BCUT2D eigenvalue weighted by atomic mass is 10.2. The molecule has 0 spiro atoms. The number of carbonyl (C=O) groups is 1. The number of nitrogens with one attached hydrogen (secondary N) is 1. The molecule has 0 aliphatic carbocycles. The van der Waals surface area contributed by atoms with E-state index in [9.17, 15) is 4.79 Å². The lowest BCUT2D eigenvalue weighted by Gasteiger charge is -2.13. The summed E-state index contributed by atoms with van der Waals surface area (Å²) in [6, 6.07) is 11.1. The van der Waals surface area contributed by atoms with Crippen LogP contribution in [0.5, 0.6) is 0 Å². The van der Waals surface area contributed by atoms with Gasteiger partial charge >= 0.3 is 5.97 Å². The van der Waals surface area contributed by atoms with E-state index in [0.29, 0.717) is 5.56 Å². The van der Waals surface area contributed by atoms with E-state index in [1.54, 1.807) is 35.6 Å². The molecule has 4 heteroatoms. The smallest absolute Gasteiger partial charge is 0.335 e. The average Bonchev–Trinajstić information content (AvgIpc) is 2.83. The zero-order valence-electron chi connectivity index (χ0n) is 9.38. The third-order valence-electron chi connectivity index (χ3n) is 2.48. The van der Waals surface area contributed by atoms with E-state index in [1.807, 2.05) is 11.4 Å². The second kappa shape index (κ2) is 5.01. The standard InChI is InChI=1S/C13H13NO2S/c1-9(12-3-2-8-17-12)14-11-6-4-10(5-7-11)13(15)16/h2-9,14H,1H3,(H,15,16). The minimum atomic E-state index is -0.900. The van der Waals surface area contributed by atoms with Crippen LogP contribution in [0.4, 0.5) is 5.69 Å².